The molecule has 0 aliphatic carbocycles. The number of carboxylic acids is 1. The van der Waals surface area contributed by atoms with E-state index in [0.29, 0.717) is 32.2 Å². The fourth-order valence-electron chi connectivity index (χ4n) is 5.50. The highest BCUT2D eigenvalue weighted by Gasteiger charge is 2.38. The van der Waals surface area contributed by atoms with Crippen molar-refractivity contribution in [2.24, 2.45) is 22.2 Å². The van der Waals surface area contributed by atoms with E-state index in [4.69, 9.17) is 17.2 Å². The van der Waals surface area contributed by atoms with E-state index >= 15 is 0 Å². The smallest absolute Gasteiger partial charge is 0.326 e. The van der Waals surface area contributed by atoms with Gasteiger partial charge in [0.1, 0.15) is 18.1 Å². The molecule has 13 heteroatoms. The average molecular weight is 605 g/mol. The molecule has 2 aromatic carbocycles. The Morgan fingerprint density at radius 3 is 2.45 bits per heavy atom. The van der Waals surface area contributed by atoms with Crippen molar-refractivity contribution in [1.29, 1.82) is 0 Å². The minimum atomic E-state index is -1.22. The second-order valence-electron chi connectivity index (χ2n) is 11.0. The number of likely N-dealkylation sites (tertiary alicyclic amines) is 1. The molecule has 1 fully saturated rings. The van der Waals surface area contributed by atoms with Crippen LogP contribution >= 0.6 is 0 Å². The van der Waals surface area contributed by atoms with Crippen molar-refractivity contribution in [1.82, 2.24) is 20.5 Å². The molecular weight excluding hydrogens is 564 g/mol. The minimum absolute atomic E-state index is 0.0864. The molecule has 0 saturated carbocycles. The van der Waals surface area contributed by atoms with E-state index in [2.05, 4.69) is 20.6 Å². The van der Waals surface area contributed by atoms with E-state index in [9.17, 15) is 24.3 Å². The van der Waals surface area contributed by atoms with Crippen molar-refractivity contribution < 1.29 is 24.3 Å². The maximum absolute atomic E-state index is 13.6. The van der Waals surface area contributed by atoms with Gasteiger partial charge in [0.05, 0.1) is 6.04 Å². The quantitative estimate of drug-likeness (QED) is 0.0772. The van der Waals surface area contributed by atoms with E-state index < -0.39 is 42.0 Å². The normalized spacial score (nSPS) is 16.6. The zero-order chi connectivity index (χ0) is 31.6. The van der Waals surface area contributed by atoms with Crippen LogP contribution in [-0.4, -0.2) is 81.9 Å². The monoisotopic (exact) mass is 604 g/mol. The predicted octanol–water partition coefficient (Wildman–Crippen LogP) is 0.379. The molecule has 3 aromatic rings. The van der Waals surface area contributed by atoms with Crippen molar-refractivity contribution in [3.8, 4) is 0 Å². The third-order valence-corrected chi connectivity index (χ3v) is 7.75. The first-order chi connectivity index (χ1) is 21.1. The van der Waals surface area contributed by atoms with Crippen LogP contribution in [0.1, 0.15) is 36.8 Å². The summed E-state index contributed by atoms with van der Waals surface area (Å²) in [5.41, 5.74) is 19.6. The third kappa shape index (κ3) is 8.34. The molecule has 10 N–H and O–H groups in total. The SMILES string of the molecule is NC(N)=NCCCC(NC(=O)C(Cc1ccccc1)NC(=O)C1CCCN1C(=O)C(N)Cc1c[nH]c2ccccc12)C(=O)O. The number of hydrogen-bond acceptors (Lipinski definition) is 6. The second-order valence-corrected chi connectivity index (χ2v) is 11.0. The molecule has 234 valence electrons. The Morgan fingerprint density at radius 1 is 1.00 bits per heavy atom. The number of benzene rings is 2. The van der Waals surface area contributed by atoms with Crippen LogP contribution in [-0.2, 0) is 32.0 Å². The molecule has 0 radical (unpaired) electrons. The fraction of sp³-hybridized carbons (Fsp3) is 0.387. The highest BCUT2D eigenvalue weighted by Crippen LogP contribution is 2.22. The maximum atomic E-state index is 13.6. The number of amides is 3. The first-order valence-electron chi connectivity index (χ1n) is 14.7. The molecule has 3 amide bonds. The van der Waals surface area contributed by atoms with Crippen molar-refractivity contribution in [2.75, 3.05) is 13.1 Å². The molecule has 4 unspecified atom stereocenters. The number of carbonyl (C=O) groups is 4. The molecule has 1 aliphatic rings. The van der Waals surface area contributed by atoms with Gasteiger partial charge in [0.2, 0.25) is 17.7 Å². The summed E-state index contributed by atoms with van der Waals surface area (Å²) in [4.78, 5) is 60.9. The van der Waals surface area contributed by atoms with E-state index in [1.807, 2.05) is 60.8 Å². The molecule has 1 aliphatic heterocycles. The fourth-order valence-corrected chi connectivity index (χ4v) is 5.50. The number of hydrogen-bond donors (Lipinski definition) is 7. The van der Waals surface area contributed by atoms with Crippen LogP contribution in [0, 0.1) is 0 Å². The summed E-state index contributed by atoms with van der Waals surface area (Å²) in [5, 5.41) is 16.0. The molecule has 1 aromatic heterocycles. The lowest BCUT2D eigenvalue weighted by Gasteiger charge is -2.28. The average Bonchev–Trinajstić information content (AvgIpc) is 3.66. The van der Waals surface area contributed by atoms with Crippen molar-refractivity contribution >= 4 is 40.6 Å². The van der Waals surface area contributed by atoms with Crippen LogP contribution in [0.5, 0.6) is 0 Å². The molecule has 4 rings (SSSR count). The number of carboxylic acid groups (broad SMARTS) is 1. The predicted molar refractivity (Wildman–Crippen MR) is 166 cm³/mol. The Bertz CT molecular complexity index is 1490. The molecule has 4 atom stereocenters. The molecule has 13 nitrogen and oxygen atoms in total. The summed E-state index contributed by atoms with van der Waals surface area (Å²) >= 11 is 0. The Hall–Kier alpha value is -4.91. The summed E-state index contributed by atoms with van der Waals surface area (Å²) in [6, 6.07) is 12.9. The van der Waals surface area contributed by atoms with Gasteiger partial charge in [-0.2, -0.15) is 0 Å². The number of carbonyl (C=O) groups excluding carboxylic acids is 3. The number of H-pyrrole nitrogens is 1. The van der Waals surface area contributed by atoms with Crippen molar-refractivity contribution in [3.63, 3.8) is 0 Å². The van der Waals surface area contributed by atoms with Gasteiger partial charge in [-0.3, -0.25) is 19.4 Å². The second kappa shape index (κ2) is 15.0. The largest absolute Gasteiger partial charge is 0.480 e. The standard InChI is InChI=1S/C31H40N8O5/c32-22(17-20-18-36-23-11-5-4-10-21(20)23)29(42)39-15-7-13-26(39)28(41)38-25(16-19-8-2-1-3-9-19)27(40)37-24(30(43)44)12-6-14-35-31(33)34/h1-5,8-11,18,22,24-26,36H,6-7,12-17,32H2,(H,37,40)(H,38,41)(H,43,44)(H4,33,34,35). The zero-order valence-electron chi connectivity index (χ0n) is 24.4. The number of guanidine groups is 1. The van der Waals surface area contributed by atoms with E-state index in [0.717, 1.165) is 22.0 Å². The molecule has 0 spiro atoms. The van der Waals surface area contributed by atoms with Gasteiger partial charge < -0.3 is 42.8 Å². The Morgan fingerprint density at radius 2 is 1.73 bits per heavy atom. The van der Waals surface area contributed by atoms with Gasteiger partial charge in [-0.25, -0.2) is 4.79 Å². The van der Waals surface area contributed by atoms with Crippen LogP contribution in [0.3, 0.4) is 0 Å². The first-order valence-corrected chi connectivity index (χ1v) is 14.7. The van der Waals surface area contributed by atoms with Crippen LogP contribution in [0.2, 0.25) is 0 Å². The highest BCUT2D eigenvalue weighted by molar-refractivity contribution is 5.95. The zero-order valence-corrected chi connectivity index (χ0v) is 24.4. The molecule has 0 bridgehead atoms. The highest BCUT2D eigenvalue weighted by atomic mass is 16.4. The van der Waals surface area contributed by atoms with Gasteiger partial charge in [-0.15, -0.1) is 0 Å². The topological polar surface area (TPSA) is 222 Å². The lowest BCUT2D eigenvalue weighted by atomic mass is 10.0. The van der Waals surface area contributed by atoms with Crippen LogP contribution in [0.15, 0.2) is 65.8 Å². The number of nitrogens with one attached hydrogen (secondary N) is 3. The summed E-state index contributed by atoms with van der Waals surface area (Å²) < 4.78 is 0. The van der Waals surface area contributed by atoms with Gasteiger partial charge in [0.25, 0.3) is 0 Å². The summed E-state index contributed by atoms with van der Waals surface area (Å²) in [6.45, 7) is 0.574. The molecule has 2 heterocycles. The summed E-state index contributed by atoms with van der Waals surface area (Å²) in [6.07, 6.45) is 3.69. The van der Waals surface area contributed by atoms with Crippen LogP contribution in [0.4, 0.5) is 0 Å². The van der Waals surface area contributed by atoms with E-state index in [-0.39, 0.29) is 31.3 Å². The number of aromatic nitrogens is 1. The number of aromatic amines is 1. The summed E-state index contributed by atoms with van der Waals surface area (Å²) in [5.74, 6) is -2.81. The number of rotatable bonds is 14. The van der Waals surface area contributed by atoms with E-state index in [1.54, 1.807) is 0 Å². The lowest BCUT2D eigenvalue weighted by Crippen LogP contribution is -2.57. The van der Waals surface area contributed by atoms with Gasteiger partial charge in [0.15, 0.2) is 5.96 Å². The number of fused-ring (bicyclic) bond motifs is 1. The number of para-hydroxylation sites is 1. The lowest BCUT2D eigenvalue weighted by molar-refractivity contribution is -0.143. The van der Waals surface area contributed by atoms with Gasteiger partial charge in [-0.1, -0.05) is 48.5 Å². The van der Waals surface area contributed by atoms with Gasteiger partial charge >= 0.3 is 5.97 Å². The minimum Gasteiger partial charge on any atom is -0.480 e. The third-order valence-electron chi connectivity index (χ3n) is 7.75. The van der Waals surface area contributed by atoms with Crippen molar-refractivity contribution in [2.45, 2.75) is 62.7 Å². The number of nitrogens with two attached hydrogens (primary N) is 3. The molecular formula is C31H40N8O5. The number of nitrogens with zero attached hydrogens (tertiary/aromatic N) is 2. The molecule has 44 heavy (non-hydrogen) atoms. The van der Waals surface area contributed by atoms with Crippen LogP contribution < -0.4 is 27.8 Å². The maximum Gasteiger partial charge on any atom is 0.326 e. The Labute approximate surface area is 255 Å². The van der Waals surface area contributed by atoms with Crippen molar-refractivity contribution in [3.05, 3.63) is 71.9 Å². The first kappa shape index (κ1) is 32.0. The van der Waals surface area contributed by atoms with Gasteiger partial charge in [-0.05, 0) is 49.3 Å². The Kier molecular flexibility index (Phi) is 10.9. The van der Waals surface area contributed by atoms with Crippen LogP contribution in [0.25, 0.3) is 10.9 Å². The number of aliphatic carboxylic acids is 1. The summed E-state index contributed by atoms with van der Waals surface area (Å²) in [7, 11) is 0. The molecule has 1 saturated heterocycles. The van der Waals surface area contributed by atoms with Gasteiger partial charge in [0, 0.05) is 36.6 Å². The van der Waals surface area contributed by atoms with E-state index in [1.165, 1.54) is 4.90 Å². The Balaban J connectivity index is 1.44. The number of aliphatic imine (C=N–C) groups is 1.